The van der Waals surface area contributed by atoms with Crippen LogP contribution < -0.4 is 0 Å². The van der Waals surface area contributed by atoms with Crippen molar-refractivity contribution in [3.63, 3.8) is 0 Å². The zero-order valence-corrected chi connectivity index (χ0v) is 10.2. The minimum absolute atomic E-state index is 0.0357. The zero-order chi connectivity index (χ0) is 10.3. The van der Waals surface area contributed by atoms with E-state index in [1.807, 2.05) is 0 Å². The quantitative estimate of drug-likeness (QED) is 0.452. The molecule has 0 bridgehead atoms. The molecule has 2 heteroatoms. The van der Waals surface area contributed by atoms with E-state index in [1.165, 1.54) is 12.8 Å². The van der Waals surface area contributed by atoms with Crippen LogP contribution in [0.25, 0.3) is 0 Å². The smallest absolute Gasteiger partial charge is 0.0622 e. The molecule has 1 unspecified atom stereocenters. The van der Waals surface area contributed by atoms with Gasteiger partial charge in [0.2, 0.25) is 0 Å². The highest BCUT2D eigenvalue weighted by molar-refractivity contribution is 6.20. The Balaban J connectivity index is 3.35. The molecule has 0 fully saturated rings. The van der Waals surface area contributed by atoms with Crippen molar-refractivity contribution >= 4 is 11.6 Å². The average molecular weight is 207 g/mol. The summed E-state index contributed by atoms with van der Waals surface area (Å²) in [5.74, 6) is 0. The molecule has 0 aromatic rings. The number of hydrogen-bond acceptors (Lipinski definition) is 1. The standard InChI is InChI=1S/C11H23ClO/c1-5-10(12)8-6-7-9-11(2,3)13-4/h10H,5-9H2,1-4H3. The third-order valence-corrected chi connectivity index (χ3v) is 3.07. The molecule has 0 aliphatic heterocycles. The maximum absolute atomic E-state index is 6.02. The van der Waals surface area contributed by atoms with E-state index in [0.717, 1.165) is 19.3 Å². The molecular formula is C11H23ClO. The lowest BCUT2D eigenvalue weighted by Crippen LogP contribution is -2.21. The molecule has 0 aromatic heterocycles. The van der Waals surface area contributed by atoms with Crippen molar-refractivity contribution in [2.75, 3.05) is 7.11 Å². The second kappa shape index (κ2) is 6.67. The molecule has 0 N–H and O–H groups in total. The molecule has 80 valence electrons. The summed E-state index contributed by atoms with van der Waals surface area (Å²) >= 11 is 6.02. The summed E-state index contributed by atoms with van der Waals surface area (Å²) in [4.78, 5) is 0. The third-order valence-electron chi connectivity index (χ3n) is 2.54. The highest BCUT2D eigenvalue weighted by Gasteiger charge is 2.15. The SMILES string of the molecule is CCC(Cl)CCCCC(C)(C)OC. The van der Waals surface area contributed by atoms with Gasteiger partial charge in [-0.15, -0.1) is 11.6 Å². The van der Waals surface area contributed by atoms with Crippen molar-refractivity contribution in [2.24, 2.45) is 0 Å². The van der Waals surface area contributed by atoms with Crippen molar-refractivity contribution in [3.8, 4) is 0 Å². The van der Waals surface area contributed by atoms with Crippen LogP contribution in [-0.2, 0) is 4.74 Å². The maximum atomic E-state index is 6.02. The molecule has 0 saturated heterocycles. The molecule has 0 radical (unpaired) electrons. The van der Waals surface area contributed by atoms with E-state index >= 15 is 0 Å². The van der Waals surface area contributed by atoms with Crippen LogP contribution in [0.15, 0.2) is 0 Å². The number of methoxy groups -OCH3 is 1. The van der Waals surface area contributed by atoms with Gasteiger partial charge in [0, 0.05) is 12.5 Å². The highest BCUT2D eigenvalue weighted by Crippen LogP contribution is 2.19. The van der Waals surface area contributed by atoms with Crippen LogP contribution in [0.4, 0.5) is 0 Å². The normalized spacial score (nSPS) is 14.5. The summed E-state index contributed by atoms with van der Waals surface area (Å²) in [6, 6.07) is 0. The first kappa shape index (κ1) is 13.2. The van der Waals surface area contributed by atoms with Crippen molar-refractivity contribution in [1.82, 2.24) is 0 Å². The van der Waals surface area contributed by atoms with Crippen LogP contribution in [0.2, 0.25) is 0 Å². The molecule has 0 spiro atoms. The van der Waals surface area contributed by atoms with Crippen LogP contribution in [0, 0.1) is 0 Å². The van der Waals surface area contributed by atoms with Crippen molar-refractivity contribution in [2.45, 2.75) is 63.9 Å². The highest BCUT2D eigenvalue weighted by atomic mass is 35.5. The molecule has 1 nitrogen and oxygen atoms in total. The molecule has 0 aliphatic carbocycles. The number of rotatable bonds is 7. The fraction of sp³-hybridized carbons (Fsp3) is 1.00. The fourth-order valence-electron chi connectivity index (χ4n) is 1.22. The van der Waals surface area contributed by atoms with Gasteiger partial charge in [-0.1, -0.05) is 19.8 Å². The fourth-order valence-corrected chi connectivity index (χ4v) is 1.38. The molecule has 0 aliphatic rings. The summed E-state index contributed by atoms with van der Waals surface area (Å²) in [5, 5.41) is 0.366. The summed E-state index contributed by atoms with van der Waals surface area (Å²) in [5.41, 5.74) is 0.0357. The maximum Gasteiger partial charge on any atom is 0.0622 e. The Hall–Kier alpha value is 0.250. The Morgan fingerprint density at radius 1 is 1.31 bits per heavy atom. The number of halogens is 1. The Labute approximate surface area is 87.8 Å². The first-order valence-corrected chi connectivity index (χ1v) is 5.64. The lowest BCUT2D eigenvalue weighted by Gasteiger charge is -2.22. The van der Waals surface area contributed by atoms with Gasteiger partial charge in [-0.05, 0) is 33.1 Å². The van der Waals surface area contributed by atoms with Gasteiger partial charge >= 0.3 is 0 Å². The Morgan fingerprint density at radius 2 is 1.92 bits per heavy atom. The molecule has 13 heavy (non-hydrogen) atoms. The Bertz CT molecular complexity index is 123. The van der Waals surface area contributed by atoms with Crippen molar-refractivity contribution < 1.29 is 4.74 Å². The van der Waals surface area contributed by atoms with E-state index in [0.29, 0.717) is 5.38 Å². The lowest BCUT2D eigenvalue weighted by atomic mass is 9.99. The first-order valence-electron chi connectivity index (χ1n) is 5.21. The van der Waals surface area contributed by atoms with Gasteiger partial charge in [0.25, 0.3) is 0 Å². The minimum atomic E-state index is 0.0357. The molecule has 0 heterocycles. The molecule has 0 saturated carbocycles. The first-order chi connectivity index (χ1) is 6.02. The van der Waals surface area contributed by atoms with Gasteiger partial charge in [-0.25, -0.2) is 0 Å². The molecule has 0 amide bonds. The Morgan fingerprint density at radius 3 is 2.38 bits per heavy atom. The largest absolute Gasteiger partial charge is 0.379 e. The van der Waals surface area contributed by atoms with E-state index in [4.69, 9.17) is 16.3 Å². The van der Waals surface area contributed by atoms with Gasteiger partial charge < -0.3 is 4.74 Å². The third kappa shape index (κ3) is 7.33. The predicted octanol–water partition coefficient (Wildman–Crippen LogP) is 3.99. The van der Waals surface area contributed by atoms with Crippen LogP contribution in [0.3, 0.4) is 0 Å². The second-order valence-electron chi connectivity index (χ2n) is 4.22. The van der Waals surface area contributed by atoms with Gasteiger partial charge in [0.1, 0.15) is 0 Å². The van der Waals surface area contributed by atoms with Gasteiger partial charge in [-0.3, -0.25) is 0 Å². The average Bonchev–Trinajstić information content (AvgIpc) is 2.12. The van der Waals surface area contributed by atoms with Crippen LogP contribution >= 0.6 is 11.6 Å². The van der Waals surface area contributed by atoms with Crippen molar-refractivity contribution in [3.05, 3.63) is 0 Å². The molecule has 0 rings (SSSR count). The summed E-state index contributed by atoms with van der Waals surface area (Å²) < 4.78 is 5.34. The number of unbranched alkanes of at least 4 members (excludes halogenated alkanes) is 1. The van der Waals surface area contributed by atoms with E-state index in [-0.39, 0.29) is 5.60 Å². The van der Waals surface area contributed by atoms with E-state index in [1.54, 1.807) is 7.11 Å². The Kier molecular flexibility index (Phi) is 6.79. The van der Waals surface area contributed by atoms with Gasteiger partial charge in [-0.2, -0.15) is 0 Å². The van der Waals surface area contributed by atoms with E-state index < -0.39 is 0 Å². The van der Waals surface area contributed by atoms with E-state index in [2.05, 4.69) is 20.8 Å². The lowest BCUT2D eigenvalue weighted by molar-refractivity contribution is 0.0134. The topological polar surface area (TPSA) is 9.23 Å². The molecular weight excluding hydrogens is 184 g/mol. The van der Waals surface area contributed by atoms with Gasteiger partial charge in [0.05, 0.1) is 5.60 Å². The van der Waals surface area contributed by atoms with Crippen LogP contribution in [0.5, 0.6) is 0 Å². The summed E-state index contributed by atoms with van der Waals surface area (Å²) in [6.45, 7) is 6.40. The summed E-state index contributed by atoms with van der Waals surface area (Å²) in [6.07, 6.45) is 5.77. The van der Waals surface area contributed by atoms with Crippen LogP contribution in [0.1, 0.15) is 52.9 Å². The summed E-state index contributed by atoms with van der Waals surface area (Å²) in [7, 11) is 1.77. The number of ether oxygens (including phenoxy) is 1. The number of hydrogen-bond donors (Lipinski definition) is 0. The predicted molar refractivity (Wildman–Crippen MR) is 59.5 cm³/mol. The molecule has 1 atom stereocenters. The monoisotopic (exact) mass is 206 g/mol. The zero-order valence-electron chi connectivity index (χ0n) is 9.40. The van der Waals surface area contributed by atoms with Crippen LogP contribution in [-0.4, -0.2) is 18.1 Å². The second-order valence-corrected chi connectivity index (χ2v) is 4.83. The van der Waals surface area contributed by atoms with Gasteiger partial charge in [0.15, 0.2) is 0 Å². The number of alkyl halides is 1. The minimum Gasteiger partial charge on any atom is -0.379 e. The molecule has 0 aromatic carbocycles. The van der Waals surface area contributed by atoms with E-state index in [9.17, 15) is 0 Å². The van der Waals surface area contributed by atoms with Crippen molar-refractivity contribution in [1.29, 1.82) is 0 Å².